The molecule has 2 aromatic rings. The smallest absolute Gasteiger partial charge is 0.191 e. The Morgan fingerprint density at radius 1 is 1.00 bits per heavy atom. The highest BCUT2D eigenvalue weighted by molar-refractivity contribution is 14.0. The first-order valence-corrected chi connectivity index (χ1v) is 10.1. The van der Waals surface area contributed by atoms with Crippen molar-refractivity contribution in [1.29, 1.82) is 0 Å². The van der Waals surface area contributed by atoms with Crippen LogP contribution in [0.15, 0.2) is 41.4 Å². The number of nitrogens with one attached hydrogen (secondary N) is 2. The molecule has 0 amide bonds. The molecule has 1 unspecified atom stereocenters. The van der Waals surface area contributed by atoms with Crippen molar-refractivity contribution < 1.29 is 19.3 Å². The molecule has 1 atom stereocenters. The molecule has 2 aromatic carbocycles. The van der Waals surface area contributed by atoms with Crippen LogP contribution in [-0.4, -0.2) is 52.0 Å². The van der Waals surface area contributed by atoms with E-state index in [1.54, 1.807) is 39.5 Å². The van der Waals surface area contributed by atoms with Gasteiger partial charge in [-0.25, -0.2) is 0 Å². The van der Waals surface area contributed by atoms with Gasteiger partial charge in [-0.05, 0) is 49.6 Å². The summed E-state index contributed by atoms with van der Waals surface area (Å²) in [6, 6.07) is 11.5. The summed E-state index contributed by atoms with van der Waals surface area (Å²) in [5, 5.41) is 17.1. The normalized spacial score (nSPS) is 11.9. The number of benzene rings is 2. The highest BCUT2D eigenvalue weighted by atomic mass is 127. The summed E-state index contributed by atoms with van der Waals surface area (Å²) in [4.78, 5) is 4.52. The van der Waals surface area contributed by atoms with Gasteiger partial charge >= 0.3 is 0 Å². The fourth-order valence-corrected chi connectivity index (χ4v) is 3.07. The monoisotopic (exact) mass is 543 g/mol. The number of aryl methyl sites for hydroxylation is 1. The summed E-state index contributed by atoms with van der Waals surface area (Å²) in [6.45, 7) is 5.69. The Hall–Kier alpha value is -2.20. The molecule has 0 aliphatic heterocycles. The molecular weight excluding hydrogens is 509 g/mol. The molecule has 31 heavy (non-hydrogen) atoms. The van der Waals surface area contributed by atoms with E-state index in [0.717, 1.165) is 24.3 Å². The van der Waals surface area contributed by atoms with E-state index in [-0.39, 0.29) is 30.5 Å². The summed E-state index contributed by atoms with van der Waals surface area (Å²) in [7, 11) is 4.85. The van der Waals surface area contributed by atoms with E-state index in [0.29, 0.717) is 29.6 Å². The number of hydrogen-bond acceptors (Lipinski definition) is 5. The van der Waals surface area contributed by atoms with Crippen molar-refractivity contribution in [2.24, 2.45) is 4.99 Å². The van der Waals surface area contributed by atoms with Gasteiger partial charge in [0.2, 0.25) is 0 Å². The molecule has 0 heterocycles. The van der Waals surface area contributed by atoms with Crippen LogP contribution in [0.1, 0.15) is 29.7 Å². The molecular formula is C23H34IN3O4. The second-order valence-electron chi connectivity index (χ2n) is 6.87. The van der Waals surface area contributed by atoms with Crippen molar-refractivity contribution >= 4 is 29.9 Å². The van der Waals surface area contributed by atoms with Crippen LogP contribution in [0.25, 0.3) is 0 Å². The minimum absolute atomic E-state index is 0. The molecule has 7 nitrogen and oxygen atoms in total. The Balaban J connectivity index is 0.00000480. The maximum Gasteiger partial charge on any atom is 0.191 e. The zero-order valence-corrected chi connectivity index (χ0v) is 21.2. The van der Waals surface area contributed by atoms with Gasteiger partial charge in [-0.3, -0.25) is 4.99 Å². The van der Waals surface area contributed by atoms with Crippen LogP contribution in [0.2, 0.25) is 0 Å². The minimum Gasteiger partial charge on any atom is -0.497 e. The van der Waals surface area contributed by atoms with Crippen molar-refractivity contribution in [3.05, 3.63) is 53.1 Å². The topological polar surface area (TPSA) is 84.3 Å². The van der Waals surface area contributed by atoms with Crippen LogP contribution in [0.4, 0.5) is 0 Å². The standard InChI is InChI=1S/C23H33N3O4.HI/c1-6-24-23(25-10-9-17-11-16(2)7-8-22(17)30-5)26-15-21(27)18-12-19(28-3)14-20(13-18)29-4;/h7-8,11-14,21,27H,6,9-10,15H2,1-5H3,(H2,24,25,26);1H. The predicted octanol–water partition coefficient (Wildman–Crippen LogP) is 3.47. The second kappa shape index (κ2) is 14.0. The summed E-state index contributed by atoms with van der Waals surface area (Å²) >= 11 is 0. The zero-order valence-electron chi connectivity index (χ0n) is 18.9. The first-order chi connectivity index (χ1) is 14.5. The van der Waals surface area contributed by atoms with Gasteiger partial charge in [0, 0.05) is 19.2 Å². The molecule has 0 saturated heterocycles. The van der Waals surface area contributed by atoms with E-state index in [2.05, 4.69) is 28.6 Å². The Morgan fingerprint density at radius 3 is 2.26 bits per heavy atom. The highest BCUT2D eigenvalue weighted by Gasteiger charge is 2.11. The maximum absolute atomic E-state index is 10.6. The Labute approximate surface area is 202 Å². The van der Waals surface area contributed by atoms with E-state index in [9.17, 15) is 5.11 Å². The van der Waals surface area contributed by atoms with E-state index < -0.39 is 6.10 Å². The predicted molar refractivity (Wildman–Crippen MR) is 135 cm³/mol. The SMILES string of the molecule is CCNC(=NCC(O)c1cc(OC)cc(OC)c1)NCCc1cc(C)ccc1OC.I. The van der Waals surface area contributed by atoms with E-state index in [4.69, 9.17) is 14.2 Å². The molecule has 0 aromatic heterocycles. The average Bonchev–Trinajstić information content (AvgIpc) is 2.76. The van der Waals surface area contributed by atoms with E-state index in [1.807, 2.05) is 19.1 Å². The summed E-state index contributed by atoms with van der Waals surface area (Å²) in [5.74, 6) is 2.79. The number of ether oxygens (including phenoxy) is 3. The maximum atomic E-state index is 10.6. The number of aliphatic imine (C=N–C) groups is 1. The third-order valence-electron chi connectivity index (χ3n) is 4.65. The molecule has 0 radical (unpaired) electrons. The fraction of sp³-hybridized carbons (Fsp3) is 0.435. The number of halogens is 1. The highest BCUT2D eigenvalue weighted by Crippen LogP contribution is 2.26. The zero-order chi connectivity index (χ0) is 21.9. The Bertz CT molecular complexity index is 823. The summed E-state index contributed by atoms with van der Waals surface area (Å²) < 4.78 is 16.0. The van der Waals surface area contributed by atoms with Gasteiger partial charge in [-0.15, -0.1) is 24.0 Å². The molecule has 0 fully saturated rings. The van der Waals surface area contributed by atoms with E-state index in [1.165, 1.54) is 5.56 Å². The number of aliphatic hydroxyl groups excluding tert-OH is 1. The quantitative estimate of drug-likeness (QED) is 0.242. The van der Waals surface area contributed by atoms with Crippen molar-refractivity contribution in [2.75, 3.05) is 41.0 Å². The van der Waals surface area contributed by atoms with E-state index >= 15 is 0 Å². The number of aliphatic hydroxyl groups is 1. The van der Waals surface area contributed by atoms with Crippen LogP contribution in [0, 0.1) is 6.92 Å². The van der Waals surface area contributed by atoms with Gasteiger partial charge in [-0.2, -0.15) is 0 Å². The Morgan fingerprint density at radius 2 is 1.68 bits per heavy atom. The van der Waals surface area contributed by atoms with Gasteiger partial charge in [0.15, 0.2) is 5.96 Å². The molecule has 172 valence electrons. The molecule has 2 rings (SSSR count). The minimum atomic E-state index is -0.777. The largest absolute Gasteiger partial charge is 0.497 e. The van der Waals surface area contributed by atoms with Crippen molar-refractivity contribution in [2.45, 2.75) is 26.4 Å². The number of rotatable bonds is 10. The van der Waals surface area contributed by atoms with Crippen molar-refractivity contribution in [1.82, 2.24) is 10.6 Å². The lowest BCUT2D eigenvalue weighted by atomic mass is 10.1. The lowest BCUT2D eigenvalue weighted by Crippen LogP contribution is -2.38. The van der Waals surface area contributed by atoms with Crippen LogP contribution in [-0.2, 0) is 6.42 Å². The van der Waals surface area contributed by atoms with Crippen molar-refractivity contribution in [3.8, 4) is 17.2 Å². The second-order valence-corrected chi connectivity index (χ2v) is 6.87. The van der Waals surface area contributed by atoms with Crippen LogP contribution >= 0.6 is 24.0 Å². The average molecular weight is 543 g/mol. The first kappa shape index (κ1) is 26.8. The molecule has 0 bridgehead atoms. The van der Waals surface area contributed by atoms with Gasteiger partial charge < -0.3 is 30.0 Å². The molecule has 0 saturated carbocycles. The molecule has 0 aliphatic rings. The van der Waals surface area contributed by atoms with Crippen LogP contribution < -0.4 is 24.8 Å². The summed E-state index contributed by atoms with van der Waals surface area (Å²) in [5.41, 5.74) is 3.03. The van der Waals surface area contributed by atoms with Gasteiger partial charge in [0.1, 0.15) is 17.2 Å². The third kappa shape index (κ3) is 8.45. The van der Waals surface area contributed by atoms with Gasteiger partial charge in [-0.1, -0.05) is 17.7 Å². The number of nitrogens with zero attached hydrogens (tertiary/aromatic N) is 1. The third-order valence-corrected chi connectivity index (χ3v) is 4.65. The number of methoxy groups -OCH3 is 3. The first-order valence-electron chi connectivity index (χ1n) is 10.1. The van der Waals surface area contributed by atoms with Gasteiger partial charge in [0.25, 0.3) is 0 Å². The van der Waals surface area contributed by atoms with Crippen LogP contribution in [0.3, 0.4) is 0 Å². The van der Waals surface area contributed by atoms with Gasteiger partial charge in [0.05, 0.1) is 34.0 Å². The fourth-order valence-electron chi connectivity index (χ4n) is 3.07. The number of hydrogen-bond donors (Lipinski definition) is 3. The molecule has 0 aliphatic carbocycles. The number of guanidine groups is 1. The molecule has 0 spiro atoms. The lowest BCUT2D eigenvalue weighted by Gasteiger charge is -2.15. The molecule has 8 heteroatoms. The summed E-state index contributed by atoms with van der Waals surface area (Å²) in [6.07, 6.45) is 0.0200. The lowest BCUT2D eigenvalue weighted by molar-refractivity contribution is 0.186. The molecule has 3 N–H and O–H groups in total. The Kier molecular flexibility index (Phi) is 12.1. The van der Waals surface area contributed by atoms with Crippen LogP contribution in [0.5, 0.6) is 17.2 Å². The van der Waals surface area contributed by atoms with Crippen molar-refractivity contribution in [3.63, 3.8) is 0 Å².